The zero-order valence-corrected chi connectivity index (χ0v) is 13.5. The molecule has 0 radical (unpaired) electrons. The van der Waals surface area contributed by atoms with Crippen LogP contribution in [0.4, 0.5) is 5.69 Å². The molecule has 0 atom stereocenters. The number of ether oxygens (including phenoxy) is 2. The van der Waals surface area contributed by atoms with Gasteiger partial charge in [0.05, 0.1) is 13.7 Å². The van der Waals surface area contributed by atoms with Gasteiger partial charge in [0.1, 0.15) is 0 Å². The number of hydrogen-bond acceptors (Lipinski definition) is 3. The molecule has 2 aromatic rings. The van der Waals surface area contributed by atoms with Crippen molar-refractivity contribution in [2.24, 2.45) is 0 Å². The zero-order valence-electron chi connectivity index (χ0n) is 13.5. The van der Waals surface area contributed by atoms with E-state index in [9.17, 15) is 4.79 Å². The second kappa shape index (κ2) is 8.03. The molecule has 0 heterocycles. The maximum Gasteiger partial charge on any atom is 0.258 e. The molecule has 0 N–H and O–H groups in total. The Kier molecular flexibility index (Phi) is 5.80. The number of amides is 1. The molecule has 0 fully saturated rings. The lowest BCUT2D eigenvalue weighted by Crippen LogP contribution is -2.31. The molecule has 0 aromatic heterocycles. The highest BCUT2D eigenvalue weighted by Gasteiger charge is 2.18. The number of rotatable bonds is 7. The van der Waals surface area contributed by atoms with E-state index in [0.29, 0.717) is 30.2 Å². The van der Waals surface area contributed by atoms with E-state index in [2.05, 4.69) is 6.58 Å². The van der Waals surface area contributed by atoms with E-state index in [0.717, 1.165) is 5.69 Å². The summed E-state index contributed by atoms with van der Waals surface area (Å²) in [6.45, 7) is 6.61. The number of carbonyl (C=O) groups excluding carboxylic acids is 1. The van der Waals surface area contributed by atoms with E-state index in [1.54, 1.807) is 36.3 Å². The third kappa shape index (κ3) is 3.92. The molecule has 0 saturated carbocycles. The van der Waals surface area contributed by atoms with E-state index < -0.39 is 0 Å². The Bertz CT molecular complexity index is 668. The molecule has 2 aromatic carbocycles. The number of carbonyl (C=O) groups is 1. The van der Waals surface area contributed by atoms with Crippen LogP contribution >= 0.6 is 0 Å². The van der Waals surface area contributed by atoms with Crippen molar-refractivity contribution in [3.8, 4) is 11.5 Å². The second-order valence-electron chi connectivity index (χ2n) is 4.84. The minimum atomic E-state index is -0.113. The predicted octanol–water partition coefficient (Wildman–Crippen LogP) is 3.93. The number of benzene rings is 2. The van der Waals surface area contributed by atoms with Gasteiger partial charge in [-0.15, -0.1) is 6.58 Å². The second-order valence-corrected chi connectivity index (χ2v) is 4.84. The largest absolute Gasteiger partial charge is 0.493 e. The van der Waals surface area contributed by atoms with Crippen molar-refractivity contribution >= 4 is 11.6 Å². The molecule has 4 heteroatoms. The lowest BCUT2D eigenvalue weighted by molar-refractivity contribution is 0.0989. The van der Waals surface area contributed by atoms with Crippen molar-refractivity contribution in [2.45, 2.75) is 6.92 Å². The Hall–Kier alpha value is -2.75. The van der Waals surface area contributed by atoms with E-state index in [4.69, 9.17) is 9.47 Å². The first-order valence-corrected chi connectivity index (χ1v) is 7.50. The molecule has 120 valence electrons. The summed E-state index contributed by atoms with van der Waals surface area (Å²) in [5.74, 6) is 1.06. The molecule has 0 saturated heterocycles. The van der Waals surface area contributed by atoms with Crippen LogP contribution in [-0.4, -0.2) is 26.2 Å². The van der Waals surface area contributed by atoms with E-state index in [1.165, 1.54) is 0 Å². The average Bonchev–Trinajstić information content (AvgIpc) is 2.60. The van der Waals surface area contributed by atoms with E-state index >= 15 is 0 Å². The zero-order chi connectivity index (χ0) is 16.7. The number of nitrogens with zero attached hydrogens (tertiary/aromatic N) is 1. The topological polar surface area (TPSA) is 38.8 Å². The summed E-state index contributed by atoms with van der Waals surface area (Å²) < 4.78 is 10.8. The number of anilines is 1. The molecule has 0 aliphatic heterocycles. The van der Waals surface area contributed by atoms with Gasteiger partial charge in [0, 0.05) is 17.8 Å². The third-order valence-electron chi connectivity index (χ3n) is 3.34. The van der Waals surface area contributed by atoms with E-state index in [1.807, 2.05) is 37.3 Å². The quantitative estimate of drug-likeness (QED) is 0.727. The summed E-state index contributed by atoms with van der Waals surface area (Å²) in [5.41, 5.74) is 1.36. The van der Waals surface area contributed by atoms with Crippen LogP contribution in [0.3, 0.4) is 0 Å². The Morgan fingerprint density at radius 1 is 1.17 bits per heavy atom. The molecule has 23 heavy (non-hydrogen) atoms. The molecule has 0 spiro atoms. The maximum absolute atomic E-state index is 12.9. The molecule has 4 nitrogen and oxygen atoms in total. The Morgan fingerprint density at radius 3 is 2.52 bits per heavy atom. The van der Waals surface area contributed by atoms with Crippen molar-refractivity contribution in [1.29, 1.82) is 0 Å². The minimum absolute atomic E-state index is 0.113. The van der Waals surface area contributed by atoms with Crippen LogP contribution in [0, 0.1) is 0 Å². The van der Waals surface area contributed by atoms with Gasteiger partial charge < -0.3 is 14.4 Å². The van der Waals surface area contributed by atoms with Gasteiger partial charge in [-0.1, -0.05) is 24.3 Å². The first-order valence-electron chi connectivity index (χ1n) is 7.50. The summed E-state index contributed by atoms with van der Waals surface area (Å²) >= 11 is 0. The van der Waals surface area contributed by atoms with Gasteiger partial charge in [-0.05, 0) is 37.3 Å². The fraction of sp³-hybridized carbons (Fsp3) is 0.211. The smallest absolute Gasteiger partial charge is 0.258 e. The first kappa shape index (κ1) is 16.6. The van der Waals surface area contributed by atoms with Crippen LogP contribution in [0.1, 0.15) is 17.3 Å². The monoisotopic (exact) mass is 311 g/mol. The average molecular weight is 311 g/mol. The minimum Gasteiger partial charge on any atom is -0.493 e. The lowest BCUT2D eigenvalue weighted by atomic mass is 10.1. The summed E-state index contributed by atoms with van der Waals surface area (Å²) in [7, 11) is 1.56. The lowest BCUT2D eigenvalue weighted by Gasteiger charge is -2.22. The fourth-order valence-electron chi connectivity index (χ4n) is 2.27. The Labute approximate surface area is 137 Å². The van der Waals surface area contributed by atoms with Gasteiger partial charge >= 0.3 is 0 Å². The number of para-hydroxylation sites is 1. The van der Waals surface area contributed by atoms with Gasteiger partial charge in [0.2, 0.25) is 0 Å². The van der Waals surface area contributed by atoms with Crippen LogP contribution in [0.5, 0.6) is 11.5 Å². The van der Waals surface area contributed by atoms with Crippen molar-refractivity contribution in [1.82, 2.24) is 0 Å². The molecule has 0 aliphatic carbocycles. The highest BCUT2D eigenvalue weighted by molar-refractivity contribution is 6.06. The molecule has 2 rings (SSSR count). The normalized spacial score (nSPS) is 10.0. The summed E-state index contributed by atoms with van der Waals surface area (Å²) in [4.78, 5) is 14.5. The highest BCUT2D eigenvalue weighted by Crippen LogP contribution is 2.29. The van der Waals surface area contributed by atoms with E-state index in [-0.39, 0.29) is 5.91 Å². The van der Waals surface area contributed by atoms with Gasteiger partial charge in [-0.2, -0.15) is 0 Å². The predicted molar refractivity (Wildman–Crippen MR) is 92.5 cm³/mol. The number of hydrogen-bond donors (Lipinski definition) is 0. The Morgan fingerprint density at radius 2 is 1.91 bits per heavy atom. The van der Waals surface area contributed by atoms with Crippen molar-refractivity contribution < 1.29 is 14.3 Å². The van der Waals surface area contributed by atoms with Crippen LogP contribution in [0.15, 0.2) is 61.2 Å². The maximum atomic E-state index is 12.9. The molecule has 1 amide bonds. The standard InChI is InChI=1S/C19H21NO3/c1-4-13-20(16-9-7-6-8-10-16)19(21)15-11-12-17(23-5-2)18(14-15)22-3/h4,6-12,14H,1,5,13H2,2-3H3. The van der Waals surface area contributed by atoms with Crippen LogP contribution in [0.2, 0.25) is 0 Å². The van der Waals surface area contributed by atoms with Gasteiger partial charge in [-0.25, -0.2) is 0 Å². The van der Waals surface area contributed by atoms with Crippen molar-refractivity contribution in [2.75, 3.05) is 25.2 Å². The van der Waals surface area contributed by atoms with Gasteiger partial charge in [-0.3, -0.25) is 4.79 Å². The summed E-state index contributed by atoms with van der Waals surface area (Å²) in [6, 6.07) is 14.7. The van der Waals surface area contributed by atoms with Crippen LogP contribution in [0.25, 0.3) is 0 Å². The molecule has 0 unspecified atom stereocenters. The summed E-state index contributed by atoms with van der Waals surface area (Å²) in [6.07, 6.45) is 1.71. The first-order chi connectivity index (χ1) is 11.2. The molecule has 0 aliphatic rings. The van der Waals surface area contributed by atoms with Crippen LogP contribution < -0.4 is 14.4 Å². The Balaban J connectivity index is 2.35. The van der Waals surface area contributed by atoms with Gasteiger partial charge in [0.25, 0.3) is 5.91 Å². The molecular weight excluding hydrogens is 290 g/mol. The fourth-order valence-corrected chi connectivity index (χ4v) is 2.27. The highest BCUT2D eigenvalue weighted by atomic mass is 16.5. The van der Waals surface area contributed by atoms with Gasteiger partial charge in [0.15, 0.2) is 11.5 Å². The number of methoxy groups -OCH3 is 1. The van der Waals surface area contributed by atoms with Crippen molar-refractivity contribution in [3.05, 3.63) is 66.7 Å². The SMILES string of the molecule is C=CCN(C(=O)c1ccc(OCC)c(OC)c1)c1ccccc1. The third-order valence-corrected chi connectivity index (χ3v) is 3.34. The molecular formula is C19H21NO3. The van der Waals surface area contributed by atoms with Crippen LogP contribution in [-0.2, 0) is 0 Å². The summed E-state index contributed by atoms with van der Waals surface area (Å²) in [5, 5.41) is 0. The van der Waals surface area contributed by atoms with Crippen molar-refractivity contribution in [3.63, 3.8) is 0 Å². The molecule has 0 bridgehead atoms.